The van der Waals surface area contributed by atoms with Crippen molar-refractivity contribution < 1.29 is 9.90 Å². The minimum Gasteiger partial charge on any atom is -0.392 e. The van der Waals surface area contributed by atoms with Crippen LogP contribution in [0, 0.1) is 5.92 Å². The van der Waals surface area contributed by atoms with Gasteiger partial charge >= 0.3 is 0 Å². The molecule has 0 aliphatic heterocycles. The Bertz CT molecular complexity index is 294. The highest BCUT2D eigenvalue weighted by atomic mass is 16.3. The van der Waals surface area contributed by atoms with Gasteiger partial charge in [-0.15, -0.1) is 0 Å². The number of amides is 1. The number of aromatic nitrogens is 1. The van der Waals surface area contributed by atoms with Gasteiger partial charge in [-0.25, -0.2) is 0 Å². The van der Waals surface area contributed by atoms with E-state index in [-0.39, 0.29) is 18.4 Å². The summed E-state index contributed by atoms with van der Waals surface area (Å²) in [6, 6.07) is 1.81. The fourth-order valence-electron chi connectivity index (χ4n) is 1.10. The molecule has 0 fully saturated rings. The lowest BCUT2D eigenvalue weighted by molar-refractivity contribution is -0.121. The van der Waals surface area contributed by atoms with Gasteiger partial charge in [0.05, 0.1) is 12.5 Å². The number of aliphatic hydroxyl groups excluding tert-OH is 1. The summed E-state index contributed by atoms with van der Waals surface area (Å²) in [5.74, 6) is -0.488. The van der Waals surface area contributed by atoms with Crippen LogP contribution in [0.4, 0.5) is 0 Å². The van der Waals surface area contributed by atoms with Crippen molar-refractivity contribution in [2.75, 3.05) is 0 Å². The van der Waals surface area contributed by atoms with Gasteiger partial charge in [0.15, 0.2) is 0 Å². The standard InChI is InChI=1S/C9H14N2O2/c1-7(9(10)13)4-11-3-2-8(5-11)6-12/h2-3,5,7,12H,4,6H2,1H3,(H2,10,13). The molecule has 1 aromatic heterocycles. The number of nitrogens with zero attached hydrogens (tertiary/aromatic N) is 1. The summed E-state index contributed by atoms with van der Waals surface area (Å²) in [5.41, 5.74) is 5.97. The maximum Gasteiger partial charge on any atom is 0.222 e. The minimum atomic E-state index is -0.306. The Hall–Kier alpha value is -1.29. The van der Waals surface area contributed by atoms with Crippen LogP contribution in [0.25, 0.3) is 0 Å². The maximum absolute atomic E-state index is 10.7. The van der Waals surface area contributed by atoms with Gasteiger partial charge in [-0.1, -0.05) is 6.92 Å². The Labute approximate surface area is 77.0 Å². The lowest BCUT2D eigenvalue weighted by Gasteiger charge is -2.07. The van der Waals surface area contributed by atoms with Crippen LogP contribution >= 0.6 is 0 Å². The van der Waals surface area contributed by atoms with Crippen LogP contribution in [0.2, 0.25) is 0 Å². The molecule has 1 heterocycles. The van der Waals surface area contributed by atoms with E-state index in [2.05, 4.69) is 0 Å². The van der Waals surface area contributed by atoms with E-state index in [0.717, 1.165) is 5.56 Å². The van der Waals surface area contributed by atoms with Crippen molar-refractivity contribution in [1.29, 1.82) is 0 Å². The molecule has 3 N–H and O–H groups in total. The monoisotopic (exact) mass is 182 g/mol. The van der Waals surface area contributed by atoms with Crippen LogP contribution in [0.3, 0.4) is 0 Å². The minimum absolute atomic E-state index is 0.0257. The average Bonchev–Trinajstić information content (AvgIpc) is 2.52. The predicted octanol–water partition coefficient (Wildman–Crippen LogP) is 0.102. The van der Waals surface area contributed by atoms with Crippen molar-refractivity contribution in [2.24, 2.45) is 11.7 Å². The molecule has 0 aromatic carbocycles. The Morgan fingerprint density at radius 1 is 1.77 bits per heavy atom. The Kier molecular flexibility index (Phi) is 3.08. The van der Waals surface area contributed by atoms with E-state index in [0.29, 0.717) is 6.54 Å². The van der Waals surface area contributed by atoms with Gasteiger partial charge in [0.25, 0.3) is 0 Å². The van der Waals surface area contributed by atoms with Gasteiger partial charge in [0.2, 0.25) is 5.91 Å². The molecule has 1 unspecified atom stereocenters. The first-order valence-corrected chi connectivity index (χ1v) is 4.18. The summed E-state index contributed by atoms with van der Waals surface area (Å²) in [4.78, 5) is 10.7. The highest BCUT2D eigenvalue weighted by molar-refractivity contribution is 5.76. The fraction of sp³-hybridized carbons (Fsp3) is 0.444. The van der Waals surface area contributed by atoms with Crippen LogP contribution in [0.5, 0.6) is 0 Å². The second-order valence-corrected chi connectivity index (χ2v) is 3.18. The molecule has 0 aliphatic rings. The smallest absolute Gasteiger partial charge is 0.222 e. The molecule has 0 saturated heterocycles. The average molecular weight is 182 g/mol. The van der Waals surface area contributed by atoms with Crippen LogP contribution in [-0.4, -0.2) is 15.6 Å². The Balaban J connectivity index is 2.58. The van der Waals surface area contributed by atoms with Crippen LogP contribution in [-0.2, 0) is 17.9 Å². The number of carbonyl (C=O) groups is 1. The number of hydrogen-bond donors (Lipinski definition) is 2. The van der Waals surface area contributed by atoms with E-state index in [1.165, 1.54) is 0 Å². The molecular weight excluding hydrogens is 168 g/mol. The lowest BCUT2D eigenvalue weighted by atomic mass is 10.2. The Morgan fingerprint density at radius 3 is 2.92 bits per heavy atom. The molecule has 13 heavy (non-hydrogen) atoms. The number of primary amides is 1. The third-order valence-electron chi connectivity index (χ3n) is 1.96. The molecule has 1 atom stereocenters. The van der Waals surface area contributed by atoms with E-state index in [4.69, 9.17) is 10.8 Å². The third kappa shape index (κ3) is 2.59. The SMILES string of the molecule is CC(Cn1ccc(CO)c1)C(N)=O. The summed E-state index contributed by atoms with van der Waals surface area (Å²) >= 11 is 0. The lowest BCUT2D eigenvalue weighted by Crippen LogP contribution is -2.24. The van der Waals surface area contributed by atoms with E-state index < -0.39 is 0 Å². The molecular formula is C9H14N2O2. The van der Waals surface area contributed by atoms with E-state index in [1.807, 2.05) is 16.8 Å². The highest BCUT2D eigenvalue weighted by Gasteiger charge is 2.08. The van der Waals surface area contributed by atoms with Gasteiger partial charge in [0, 0.05) is 18.9 Å². The number of nitrogens with two attached hydrogens (primary N) is 1. The number of carbonyl (C=O) groups excluding carboxylic acids is 1. The first-order valence-electron chi connectivity index (χ1n) is 4.18. The largest absolute Gasteiger partial charge is 0.392 e. The molecule has 1 aromatic rings. The van der Waals surface area contributed by atoms with Gasteiger partial charge < -0.3 is 15.4 Å². The quantitative estimate of drug-likeness (QED) is 0.693. The van der Waals surface area contributed by atoms with Gasteiger partial charge in [0.1, 0.15) is 0 Å². The van der Waals surface area contributed by atoms with Crippen molar-refractivity contribution in [2.45, 2.75) is 20.1 Å². The fourth-order valence-corrected chi connectivity index (χ4v) is 1.10. The van der Waals surface area contributed by atoms with Crippen LogP contribution < -0.4 is 5.73 Å². The first-order chi connectivity index (χ1) is 6.13. The topological polar surface area (TPSA) is 68.2 Å². The maximum atomic E-state index is 10.7. The molecule has 0 saturated carbocycles. The molecule has 0 radical (unpaired) electrons. The van der Waals surface area contributed by atoms with E-state index >= 15 is 0 Å². The summed E-state index contributed by atoms with van der Waals surface area (Å²) in [7, 11) is 0. The number of hydrogen-bond acceptors (Lipinski definition) is 2. The highest BCUT2D eigenvalue weighted by Crippen LogP contribution is 2.04. The summed E-state index contributed by atoms with van der Waals surface area (Å²) in [6.07, 6.45) is 3.63. The number of rotatable bonds is 4. The molecule has 4 heteroatoms. The first kappa shape index (κ1) is 9.80. The van der Waals surface area contributed by atoms with Gasteiger partial charge in [-0.3, -0.25) is 4.79 Å². The predicted molar refractivity (Wildman–Crippen MR) is 48.7 cm³/mol. The molecule has 0 spiro atoms. The van der Waals surface area contributed by atoms with Crippen molar-refractivity contribution in [3.05, 3.63) is 24.0 Å². The zero-order valence-corrected chi connectivity index (χ0v) is 7.60. The van der Waals surface area contributed by atoms with Crippen molar-refractivity contribution in [1.82, 2.24) is 4.57 Å². The molecule has 0 bridgehead atoms. The summed E-state index contributed by atoms with van der Waals surface area (Å²) in [5, 5.41) is 8.79. The second kappa shape index (κ2) is 4.09. The van der Waals surface area contributed by atoms with E-state index in [9.17, 15) is 4.79 Å². The molecule has 72 valence electrons. The van der Waals surface area contributed by atoms with Crippen molar-refractivity contribution >= 4 is 5.91 Å². The summed E-state index contributed by atoms with van der Waals surface area (Å²) < 4.78 is 1.85. The molecule has 0 aliphatic carbocycles. The molecule has 4 nitrogen and oxygen atoms in total. The zero-order valence-electron chi connectivity index (χ0n) is 7.60. The van der Waals surface area contributed by atoms with Crippen molar-refractivity contribution in [3.8, 4) is 0 Å². The van der Waals surface area contributed by atoms with Crippen molar-refractivity contribution in [3.63, 3.8) is 0 Å². The normalized spacial score (nSPS) is 12.8. The van der Waals surface area contributed by atoms with Gasteiger partial charge in [-0.2, -0.15) is 0 Å². The molecule has 1 amide bonds. The Morgan fingerprint density at radius 2 is 2.46 bits per heavy atom. The molecule has 1 rings (SSSR count). The van der Waals surface area contributed by atoms with Crippen LogP contribution in [0.1, 0.15) is 12.5 Å². The van der Waals surface area contributed by atoms with E-state index in [1.54, 1.807) is 13.1 Å². The van der Waals surface area contributed by atoms with Crippen LogP contribution in [0.15, 0.2) is 18.5 Å². The summed E-state index contributed by atoms with van der Waals surface area (Å²) in [6.45, 7) is 2.37. The number of aliphatic hydroxyl groups is 1. The van der Waals surface area contributed by atoms with Gasteiger partial charge in [-0.05, 0) is 11.6 Å². The second-order valence-electron chi connectivity index (χ2n) is 3.18. The third-order valence-corrected chi connectivity index (χ3v) is 1.96. The zero-order chi connectivity index (χ0) is 9.84.